The minimum atomic E-state index is -2.21. The third-order valence-electron chi connectivity index (χ3n) is 0.549. The molecule has 0 radical (unpaired) electrons. The van der Waals surface area contributed by atoms with Crippen LogP contribution >= 0.6 is 0 Å². The van der Waals surface area contributed by atoms with Crippen molar-refractivity contribution in [3.8, 4) is 0 Å². The Hall–Kier alpha value is -0.180. The van der Waals surface area contributed by atoms with Crippen molar-refractivity contribution < 1.29 is 10.2 Å². The minimum Gasteiger partial charge on any atom is -0.312 e. The van der Waals surface area contributed by atoms with Crippen LogP contribution in [0.25, 0.3) is 0 Å². The standard InChI is InChI=1S/C4H9F2N.H2/c1-2-7-3-4(5)6;/h4,7H,2-3H2,1H3;1H. The Morgan fingerprint density at radius 1 is 1.71 bits per heavy atom. The first-order valence-electron chi connectivity index (χ1n) is 2.26. The van der Waals surface area contributed by atoms with Gasteiger partial charge in [-0.15, -0.1) is 0 Å². The molecule has 0 aromatic rings. The average molecular weight is 111 g/mol. The molecule has 46 valence electrons. The Morgan fingerprint density at radius 3 is 2.43 bits per heavy atom. The van der Waals surface area contributed by atoms with Crippen LogP contribution in [-0.2, 0) is 0 Å². The van der Waals surface area contributed by atoms with E-state index in [0.717, 1.165) is 0 Å². The first-order chi connectivity index (χ1) is 3.27. The molecule has 0 aliphatic heterocycles. The fourth-order valence-electron chi connectivity index (χ4n) is 0.253. The van der Waals surface area contributed by atoms with Crippen LogP contribution in [0.2, 0.25) is 0 Å². The fourth-order valence-corrected chi connectivity index (χ4v) is 0.253. The van der Waals surface area contributed by atoms with Crippen molar-refractivity contribution in [1.29, 1.82) is 0 Å². The maximum Gasteiger partial charge on any atom is 0.250 e. The summed E-state index contributed by atoms with van der Waals surface area (Å²) in [4.78, 5) is 0. The summed E-state index contributed by atoms with van der Waals surface area (Å²) in [5.74, 6) is 0. The number of alkyl halides is 2. The van der Waals surface area contributed by atoms with E-state index in [1.54, 1.807) is 6.92 Å². The molecule has 0 saturated heterocycles. The summed E-state index contributed by atoms with van der Waals surface area (Å²) >= 11 is 0. The van der Waals surface area contributed by atoms with Crippen LogP contribution < -0.4 is 5.32 Å². The van der Waals surface area contributed by atoms with Crippen LogP contribution in [0.1, 0.15) is 8.35 Å². The molecule has 7 heavy (non-hydrogen) atoms. The highest BCUT2D eigenvalue weighted by atomic mass is 19.3. The van der Waals surface area contributed by atoms with E-state index in [2.05, 4.69) is 5.32 Å². The molecule has 0 aliphatic rings. The zero-order valence-electron chi connectivity index (χ0n) is 4.25. The molecular weight excluding hydrogens is 100 g/mol. The van der Waals surface area contributed by atoms with Crippen LogP contribution in [0.3, 0.4) is 0 Å². The van der Waals surface area contributed by atoms with Gasteiger partial charge in [0, 0.05) is 1.43 Å². The van der Waals surface area contributed by atoms with E-state index in [0.29, 0.717) is 6.54 Å². The largest absolute Gasteiger partial charge is 0.312 e. The molecule has 0 spiro atoms. The highest BCUT2D eigenvalue weighted by Gasteiger charge is 1.96. The Labute approximate surface area is 43.2 Å². The average Bonchev–Trinajstić information content (AvgIpc) is 1.61. The molecule has 0 bridgehead atoms. The molecular formula is C4H11F2N. The molecule has 0 amide bonds. The van der Waals surface area contributed by atoms with E-state index < -0.39 is 6.43 Å². The SMILES string of the molecule is CCNCC(F)F.[HH]. The number of hydrogen-bond donors (Lipinski definition) is 1. The number of halogens is 2. The van der Waals surface area contributed by atoms with E-state index in [9.17, 15) is 8.78 Å². The van der Waals surface area contributed by atoms with Gasteiger partial charge in [-0.1, -0.05) is 6.92 Å². The number of nitrogens with one attached hydrogen (secondary N) is 1. The fraction of sp³-hybridized carbons (Fsp3) is 1.00. The van der Waals surface area contributed by atoms with Gasteiger partial charge in [0.2, 0.25) is 0 Å². The van der Waals surface area contributed by atoms with E-state index in [4.69, 9.17) is 0 Å². The van der Waals surface area contributed by atoms with Crippen molar-refractivity contribution >= 4 is 0 Å². The van der Waals surface area contributed by atoms with Crippen molar-refractivity contribution in [2.75, 3.05) is 13.1 Å². The van der Waals surface area contributed by atoms with Gasteiger partial charge in [0.1, 0.15) is 0 Å². The maximum atomic E-state index is 11.2. The van der Waals surface area contributed by atoms with Crippen molar-refractivity contribution in [1.82, 2.24) is 5.32 Å². The summed E-state index contributed by atoms with van der Waals surface area (Å²) in [6, 6.07) is 0. The van der Waals surface area contributed by atoms with Crippen LogP contribution in [0, 0.1) is 0 Å². The maximum absolute atomic E-state index is 11.2. The van der Waals surface area contributed by atoms with Gasteiger partial charge in [-0.05, 0) is 6.54 Å². The predicted molar refractivity (Wildman–Crippen MR) is 26.7 cm³/mol. The molecule has 1 nitrogen and oxygen atoms in total. The van der Waals surface area contributed by atoms with Gasteiger partial charge >= 0.3 is 0 Å². The predicted octanol–water partition coefficient (Wildman–Crippen LogP) is 1.11. The Kier molecular flexibility index (Phi) is 3.89. The molecule has 0 saturated carbocycles. The second kappa shape index (κ2) is 3.99. The Balaban J connectivity index is 0. The van der Waals surface area contributed by atoms with Gasteiger partial charge in [-0.2, -0.15) is 0 Å². The minimum absolute atomic E-state index is 0. The summed E-state index contributed by atoms with van der Waals surface area (Å²) < 4.78 is 22.3. The summed E-state index contributed by atoms with van der Waals surface area (Å²) in [6.45, 7) is 2.23. The number of rotatable bonds is 3. The molecule has 0 heterocycles. The molecule has 0 aromatic heterocycles. The van der Waals surface area contributed by atoms with Gasteiger partial charge in [0.15, 0.2) is 0 Å². The molecule has 0 unspecified atom stereocenters. The highest BCUT2D eigenvalue weighted by molar-refractivity contribution is 4.42. The van der Waals surface area contributed by atoms with Gasteiger partial charge in [0.05, 0.1) is 6.54 Å². The first kappa shape index (κ1) is 6.82. The van der Waals surface area contributed by atoms with Crippen molar-refractivity contribution in [3.05, 3.63) is 0 Å². The molecule has 0 atom stereocenters. The second-order valence-corrected chi connectivity index (χ2v) is 1.20. The van der Waals surface area contributed by atoms with Crippen LogP contribution in [0.5, 0.6) is 0 Å². The molecule has 0 fully saturated rings. The van der Waals surface area contributed by atoms with E-state index in [1.165, 1.54) is 0 Å². The van der Waals surface area contributed by atoms with Crippen LogP contribution in [-0.4, -0.2) is 19.5 Å². The monoisotopic (exact) mass is 111 g/mol. The van der Waals surface area contributed by atoms with Gasteiger partial charge in [-0.25, -0.2) is 8.78 Å². The molecule has 0 rings (SSSR count). The van der Waals surface area contributed by atoms with Gasteiger partial charge in [0.25, 0.3) is 6.43 Å². The van der Waals surface area contributed by atoms with Gasteiger partial charge in [-0.3, -0.25) is 0 Å². The van der Waals surface area contributed by atoms with E-state index in [-0.39, 0.29) is 7.97 Å². The van der Waals surface area contributed by atoms with Crippen LogP contribution in [0.4, 0.5) is 8.78 Å². The topological polar surface area (TPSA) is 12.0 Å². The lowest BCUT2D eigenvalue weighted by molar-refractivity contribution is 0.147. The lowest BCUT2D eigenvalue weighted by atomic mass is 10.6. The summed E-state index contributed by atoms with van der Waals surface area (Å²) in [7, 11) is 0. The zero-order chi connectivity index (χ0) is 5.70. The molecule has 0 aliphatic carbocycles. The summed E-state index contributed by atoms with van der Waals surface area (Å²) in [5, 5.41) is 2.50. The van der Waals surface area contributed by atoms with E-state index in [1.807, 2.05) is 0 Å². The van der Waals surface area contributed by atoms with Crippen molar-refractivity contribution in [2.45, 2.75) is 13.3 Å². The molecule has 0 aromatic carbocycles. The lowest BCUT2D eigenvalue weighted by Gasteiger charge is -1.95. The Bertz CT molecular complexity index is 43.0. The highest BCUT2D eigenvalue weighted by Crippen LogP contribution is 1.85. The summed E-state index contributed by atoms with van der Waals surface area (Å²) in [5.41, 5.74) is 0. The first-order valence-corrected chi connectivity index (χ1v) is 2.26. The zero-order valence-corrected chi connectivity index (χ0v) is 4.25. The third kappa shape index (κ3) is 5.82. The number of hydrogen-bond acceptors (Lipinski definition) is 1. The normalized spacial score (nSPS) is 10.3. The van der Waals surface area contributed by atoms with E-state index >= 15 is 0 Å². The van der Waals surface area contributed by atoms with Crippen molar-refractivity contribution in [2.24, 2.45) is 0 Å². The second-order valence-electron chi connectivity index (χ2n) is 1.20. The quantitative estimate of drug-likeness (QED) is 0.575. The molecule has 1 N–H and O–H groups in total. The van der Waals surface area contributed by atoms with Crippen molar-refractivity contribution in [3.63, 3.8) is 0 Å². The Morgan fingerprint density at radius 2 is 2.29 bits per heavy atom. The molecule has 3 heteroatoms. The smallest absolute Gasteiger partial charge is 0.250 e. The van der Waals surface area contributed by atoms with Gasteiger partial charge < -0.3 is 5.32 Å². The summed E-state index contributed by atoms with van der Waals surface area (Å²) in [6.07, 6.45) is -2.21. The lowest BCUT2D eigenvalue weighted by Crippen LogP contribution is -2.20. The van der Waals surface area contributed by atoms with Crippen LogP contribution in [0.15, 0.2) is 0 Å². The third-order valence-corrected chi connectivity index (χ3v) is 0.549.